The first-order valence-corrected chi connectivity index (χ1v) is 16.1. The number of furan rings is 1. The topological polar surface area (TPSA) is 127 Å². The van der Waals surface area contributed by atoms with Crippen LogP contribution in [0.2, 0.25) is 10.0 Å². The molecule has 1 unspecified atom stereocenters. The molecule has 1 aromatic heterocycles. The van der Waals surface area contributed by atoms with Crippen LogP contribution in [-0.2, 0) is 25.8 Å². The smallest absolute Gasteiger partial charge is 0.450 e. The van der Waals surface area contributed by atoms with Crippen molar-refractivity contribution in [1.82, 2.24) is 10.6 Å². The van der Waals surface area contributed by atoms with Crippen molar-refractivity contribution in [2.75, 3.05) is 17.5 Å². The van der Waals surface area contributed by atoms with E-state index in [9.17, 15) is 35.6 Å². The van der Waals surface area contributed by atoms with E-state index in [1.165, 1.54) is 37.3 Å². The lowest BCUT2D eigenvalue weighted by Crippen LogP contribution is -2.53. The normalized spacial score (nSPS) is 23.6. The minimum Gasteiger partial charge on any atom is -0.484 e. The fourth-order valence-corrected chi connectivity index (χ4v) is 8.18. The predicted molar refractivity (Wildman–Crippen MR) is 156 cm³/mol. The van der Waals surface area contributed by atoms with Gasteiger partial charge in [0.1, 0.15) is 28.0 Å². The van der Waals surface area contributed by atoms with E-state index in [4.69, 9.17) is 37.1 Å². The molecule has 7 rings (SSSR count). The van der Waals surface area contributed by atoms with E-state index in [2.05, 4.69) is 10.6 Å². The van der Waals surface area contributed by atoms with Gasteiger partial charge in [-0.3, -0.25) is 13.9 Å². The van der Waals surface area contributed by atoms with Crippen molar-refractivity contribution in [2.24, 2.45) is 5.92 Å². The predicted octanol–water partition coefficient (Wildman–Crippen LogP) is 5.24. The summed E-state index contributed by atoms with van der Waals surface area (Å²) in [5.74, 6) is -3.72. The minimum atomic E-state index is -5.11. The summed E-state index contributed by atoms with van der Waals surface area (Å²) in [6.07, 6.45) is -5.04. The van der Waals surface area contributed by atoms with Crippen LogP contribution in [0.25, 0.3) is 0 Å². The van der Waals surface area contributed by atoms with Crippen molar-refractivity contribution >= 4 is 50.7 Å². The van der Waals surface area contributed by atoms with Gasteiger partial charge >= 0.3 is 6.18 Å². The van der Waals surface area contributed by atoms with Gasteiger partial charge in [0.25, 0.3) is 21.8 Å². The summed E-state index contributed by atoms with van der Waals surface area (Å²) in [7, 11) is -4.92. The highest BCUT2D eigenvalue weighted by molar-refractivity contribution is 7.93. The Kier molecular flexibility index (Phi) is 8.08. The van der Waals surface area contributed by atoms with E-state index >= 15 is 0 Å². The van der Waals surface area contributed by atoms with Crippen LogP contribution in [0, 0.1) is 18.7 Å². The Morgan fingerprint density at radius 2 is 1.85 bits per heavy atom. The number of hydrogen-bond donors (Lipinski definition) is 2. The van der Waals surface area contributed by atoms with Crippen molar-refractivity contribution in [2.45, 2.75) is 54.9 Å². The van der Waals surface area contributed by atoms with E-state index in [0.29, 0.717) is 23.6 Å². The number of sulfonamides is 1. The number of carbonyl (C=O) groups excluding carboxylic acids is 2. The first-order valence-electron chi connectivity index (χ1n) is 13.9. The van der Waals surface area contributed by atoms with E-state index in [1.54, 1.807) is 0 Å². The van der Waals surface area contributed by atoms with Crippen LogP contribution in [0.4, 0.5) is 23.2 Å². The molecule has 3 aliphatic carbocycles. The van der Waals surface area contributed by atoms with Gasteiger partial charge in [-0.2, -0.15) is 13.2 Å². The molecule has 2 amide bonds. The van der Waals surface area contributed by atoms with Gasteiger partial charge in [0.15, 0.2) is 12.7 Å². The molecule has 2 atom stereocenters. The van der Waals surface area contributed by atoms with Crippen LogP contribution < -0.4 is 24.4 Å². The van der Waals surface area contributed by atoms with Gasteiger partial charge in [-0.25, -0.2) is 12.8 Å². The van der Waals surface area contributed by atoms with Gasteiger partial charge in [0.2, 0.25) is 5.76 Å². The second kappa shape index (κ2) is 11.5. The van der Waals surface area contributed by atoms with Crippen LogP contribution in [-0.4, -0.2) is 51.1 Å². The molecule has 1 aliphatic heterocycles. The molecular weight excluding hydrogens is 681 g/mol. The van der Waals surface area contributed by atoms with E-state index in [-0.39, 0.29) is 45.5 Å². The van der Waals surface area contributed by atoms with Gasteiger partial charge in [0, 0.05) is 28.7 Å². The van der Waals surface area contributed by atoms with Crippen molar-refractivity contribution in [3.63, 3.8) is 0 Å². The molecule has 246 valence electrons. The molecule has 4 aliphatic rings. The highest BCUT2D eigenvalue weighted by Gasteiger charge is 2.57. The molecule has 3 aromatic rings. The monoisotopic (exact) mass is 705 g/mol. The first kappa shape index (κ1) is 32.3. The third kappa shape index (κ3) is 6.07. The van der Waals surface area contributed by atoms with Crippen molar-refractivity contribution in [3.8, 4) is 11.5 Å². The Hall–Kier alpha value is -3.69. The second-order valence-corrected chi connectivity index (χ2v) is 14.2. The van der Waals surface area contributed by atoms with E-state index < -0.39 is 68.7 Å². The minimum absolute atomic E-state index is 0.00768. The number of alkyl halides is 3. The molecule has 2 bridgehead atoms. The number of nitrogens with zero attached hydrogens (tertiary/aromatic N) is 1. The molecule has 3 saturated carbocycles. The highest BCUT2D eigenvalue weighted by Crippen LogP contribution is 2.52. The summed E-state index contributed by atoms with van der Waals surface area (Å²) in [4.78, 5) is 24.9. The summed E-state index contributed by atoms with van der Waals surface area (Å²) in [6.45, 7) is 0.162. The highest BCUT2D eigenvalue weighted by atomic mass is 35.5. The second-order valence-electron chi connectivity index (χ2n) is 11.5. The molecule has 2 heterocycles. The standard InChI is InChI=1S/C29H25Cl2F4N3O7S/c1-14-6-24(26(44-14)29(33,34)35)46(41,42)38-12-23(45-22-5-2-16(30)7-21(22)38)27(40)36-20-11-28(9-15(20)10-28)37-25(39)13-43-17-3-4-18(31)19(32)8-17/h2-8,15,20,23H,9-13H2,1H3,(H,36,40)(H,37,39)/t15?,20-,23?,28?/m0/s1. The molecule has 0 spiro atoms. The van der Waals surface area contributed by atoms with Crippen LogP contribution in [0.15, 0.2) is 51.8 Å². The molecular formula is C29H25Cl2F4N3O7S. The fourth-order valence-electron chi connectivity index (χ4n) is 6.22. The zero-order valence-electron chi connectivity index (χ0n) is 23.8. The lowest BCUT2D eigenvalue weighted by molar-refractivity contribution is -0.155. The van der Waals surface area contributed by atoms with Crippen molar-refractivity contribution < 1.29 is 49.5 Å². The third-order valence-electron chi connectivity index (χ3n) is 8.21. The number of amides is 2. The molecule has 3 fully saturated rings. The number of hydrogen-bond acceptors (Lipinski definition) is 7. The Bertz CT molecular complexity index is 1830. The molecule has 0 saturated heterocycles. The van der Waals surface area contributed by atoms with Crippen LogP contribution in [0.1, 0.15) is 30.8 Å². The van der Waals surface area contributed by atoms with E-state index in [0.717, 1.165) is 12.1 Å². The first-order chi connectivity index (χ1) is 21.5. The van der Waals surface area contributed by atoms with Gasteiger partial charge < -0.3 is 24.5 Å². The zero-order chi connectivity index (χ0) is 33.2. The largest absolute Gasteiger partial charge is 0.484 e. The summed E-state index contributed by atoms with van der Waals surface area (Å²) in [5.41, 5.74) is -0.745. The Morgan fingerprint density at radius 3 is 2.54 bits per heavy atom. The quantitative estimate of drug-likeness (QED) is 0.307. The summed E-state index contributed by atoms with van der Waals surface area (Å²) < 4.78 is 98.7. The molecule has 0 radical (unpaired) electrons. The Labute approximate surface area is 270 Å². The van der Waals surface area contributed by atoms with Crippen molar-refractivity contribution in [1.29, 1.82) is 0 Å². The van der Waals surface area contributed by atoms with Gasteiger partial charge in [-0.15, -0.1) is 0 Å². The lowest BCUT2D eigenvalue weighted by Gasteiger charge is -2.39. The number of aryl methyl sites for hydroxylation is 1. The zero-order valence-corrected chi connectivity index (χ0v) is 26.1. The van der Waals surface area contributed by atoms with Crippen LogP contribution in [0.5, 0.6) is 11.5 Å². The Balaban J connectivity index is 1.14. The number of anilines is 1. The number of carbonyl (C=O) groups is 2. The van der Waals surface area contributed by atoms with Gasteiger partial charge in [0.05, 0.1) is 17.3 Å². The number of nitrogens with one attached hydrogen (secondary N) is 2. The SMILES string of the molecule is Cc1cc(S(=O)(=O)N2CC(C(=O)N[C@H]3CC4(NC(=O)COc5ccc(Cl)c(F)c5)CC3C4)Oc3ccc(Cl)cc32)c(C(F)(F)F)o1. The van der Waals surface area contributed by atoms with Crippen molar-refractivity contribution in [3.05, 3.63) is 69.8 Å². The molecule has 2 aromatic carbocycles. The maximum Gasteiger partial charge on any atom is 0.450 e. The summed E-state index contributed by atoms with van der Waals surface area (Å²) in [5, 5.41) is 5.78. The van der Waals surface area contributed by atoms with Crippen LogP contribution in [0.3, 0.4) is 0 Å². The number of benzene rings is 2. The van der Waals surface area contributed by atoms with Gasteiger partial charge in [-0.1, -0.05) is 23.2 Å². The Morgan fingerprint density at radius 1 is 1.11 bits per heavy atom. The number of ether oxygens (including phenoxy) is 2. The van der Waals surface area contributed by atoms with Gasteiger partial charge in [-0.05, 0) is 62.4 Å². The maximum atomic E-state index is 13.7. The fraction of sp³-hybridized carbons (Fsp3) is 0.379. The van der Waals surface area contributed by atoms with Crippen LogP contribution >= 0.6 is 23.2 Å². The maximum absolute atomic E-state index is 13.7. The molecule has 2 N–H and O–H groups in total. The third-order valence-corrected chi connectivity index (χ3v) is 10.5. The number of rotatable bonds is 8. The molecule has 10 nitrogen and oxygen atoms in total. The summed E-state index contributed by atoms with van der Waals surface area (Å²) >= 11 is 11.7. The summed E-state index contributed by atoms with van der Waals surface area (Å²) in [6, 6.07) is 8.09. The number of halogens is 6. The lowest BCUT2D eigenvalue weighted by atomic mass is 9.76. The van der Waals surface area contributed by atoms with E-state index in [1.807, 2.05) is 0 Å². The molecule has 17 heteroatoms. The molecule has 46 heavy (non-hydrogen) atoms. The average molecular weight is 706 g/mol. The average Bonchev–Trinajstić information content (AvgIpc) is 3.63. The number of fused-ring (bicyclic) bond motifs is 2.